The summed E-state index contributed by atoms with van der Waals surface area (Å²) in [6.45, 7) is 5.73. The van der Waals surface area contributed by atoms with Crippen LogP contribution in [-0.4, -0.2) is 48.1 Å². The maximum absolute atomic E-state index is 13.5. The Morgan fingerprint density at radius 1 is 1.18 bits per heavy atom. The molecule has 3 heterocycles. The van der Waals surface area contributed by atoms with Crippen molar-refractivity contribution in [2.45, 2.75) is 57.0 Å². The summed E-state index contributed by atoms with van der Waals surface area (Å²) in [7, 11) is -3.88. The Morgan fingerprint density at radius 2 is 1.97 bits per heavy atom. The first-order valence-corrected chi connectivity index (χ1v) is 13.5. The Hall–Kier alpha value is -2.82. The lowest BCUT2D eigenvalue weighted by Crippen LogP contribution is -2.43. The molecule has 0 bridgehead atoms. The molecule has 0 spiro atoms. The number of nitrogens with one attached hydrogen (secondary N) is 1. The van der Waals surface area contributed by atoms with Crippen molar-refractivity contribution >= 4 is 54.2 Å². The molecule has 0 radical (unpaired) electrons. The summed E-state index contributed by atoms with van der Waals surface area (Å²) in [4.78, 5) is 31.4. The number of hydrogen-bond acceptors (Lipinski definition) is 6. The van der Waals surface area contributed by atoms with Gasteiger partial charge in [-0.2, -0.15) is 4.31 Å². The number of amides is 2. The van der Waals surface area contributed by atoms with Crippen LogP contribution in [0.15, 0.2) is 41.3 Å². The van der Waals surface area contributed by atoms with Crippen molar-refractivity contribution in [2.75, 3.05) is 16.8 Å². The Kier molecular flexibility index (Phi) is 5.70. The van der Waals surface area contributed by atoms with Crippen LogP contribution in [0.3, 0.4) is 0 Å². The number of aryl methyl sites for hydroxylation is 1. The van der Waals surface area contributed by atoms with Crippen LogP contribution < -0.4 is 10.2 Å². The Labute approximate surface area is 202 Å². The molecule has 0 unspecified atom stereocenters. The normalized spacial score (nSPS) is 20.6. The minimum atomic E-state index is -3.88. The monoisotopic (exact) mass is 498 g/mol. The predicted molar refractivity (Wildman–Crippen MR) is 133 cm³/mol. The van der Waals surface area contributed by atoms with E-state index in [-0.39, 0.29) is 29.3 Å². The first-order valence-electron chi connectivity index (χ1n) is 11.3. The second-order valence-electron chi connectivity index (χ2n) is 8.99. The van der Waals surface area contributed by atoms with Crippen LogP contribution in [0.5, 0.6) is 0 Å². The number of rotatable bonds is 4. The largest absolute Gasteiger partial charge is 0.309 e. The van der Waals surface area contributed by atoms with Gasteiger partial charge in [-0.15, -0.1) is 0 Å². The molecule has 10 heteroatoms. The van der Waals surface area contributed by atoms with Gasteiger partial charge in [-0.25, -0.2) is 13.4 Å². The van der Waals surface area contributed by atoms with Gasteiger partial charge >= 0.3 is 0 Å². The van der Waals surface area contributed by atoms with Crippen molar-refractivity contribution < 1.29 is 18.0 Å². The summed E-state index contributed by atoms with van der Waals surface area (Å²) in [5.41, 5.74) is 3.49. The second kappa shape index (κ2) is 8.44. The van der Waals surface area contributed by atoms with Gasteiger partial charge in [0.2, 0.25) is 21.8 Å². The number of anilines is 2. The zero-order valence-electron chi connectivity index (χ0n) is 19.2. The summed E-state index contributed by atoms with van der Waals surface area (Å²) in [5, 5.41) is 3.29. The molecule has 8 nitrogen and oxygen atoms in total. The van der Waals surface area contributed by atoms with Gasteiger partial charge in [0, 0.05) is 25.2 Å². The van der Waals surface area contributed by atoms with Crippen LogP contribution in [0.25, 0.3) is 10.2 Å². The lowest BCUT2D eigenvalue weighted by molar-refractivity contribution is -0.119. The van der Waals surface area contributed by atoms with E-state index >= 15 is 0 Å². The molecule has 2 aliphatic heterocycles. The fraction of sp³-hybridized carbons (Fsp3) is 0.375. The third-order valence-corrected chi connectivity index (χ3v) is 9.33. The zero-order chi connectivity index (χ0) is 24.2. The van der Waals surface area contributed by atoms with E-state index in [1.807, 2.05) is 32.0 Å². The Morgan fingerprint density at radius 3 is 2.74 bits per heavy atom. The molecule has 2 amide bonds. The summed E-state index contributed by atoms with van der Waals surface area (Å²) in [6.07, 6.45) is 1.66. The average molecular weight is 499 g/mol. The molecule has 2 aliphatic rings. The summed E-state index contributed by atoms with van der Waals surface area (Å²) < 4.78 is 29.3. The third kappa shape index (κ3) is 3.89. The van der Waals surface area contributed by atoms with Gasteiger partial charge in [-0.3, -0.25) is 9.59 Å². The standard InChI is InChI=1S/C24H26N4O4S2/c1-14-6-8-19-22(11-14)33-24(25-19)26-23(30)21-5-4-10-27(21)34(31,32)18-7-9-20-17(13-18)12-15(2)28(20)16(3)29/h6-9,11,13,15,21H,4-5,10,12H2,1-3H3,(H,25,26,30)/t15-,21-/m1/s1. The highest BCUT2D eigenvalue weighted by atomic mass is 32.2. The van der Waals surface area contributed by atoms with E-state index in [0.717, 1.165) is 27.0 Å². The summed E-state index contributed by atoms with van der Waals surface area (Å²) >= 11 is 1.38. The number of sulfonamides is 1. The quantitative estimate of drug-likeness (QED) is 0.591. The van der Waals surface area contributed by atoms with Crippen LogP contribution in [-0.2, 0) is 26.0 Å². The van der Waals surface area contributed by atoms with Crippen molar-refractivity contribution in [1.29, 1.82) is 0 Å². The molecule has 178 valence electrons. The number of benzene rings is 2. The van der Waals surface area contributed by atoms with Crippen LogP contribution >= 0.6 is 11.3 Å². The highest BCUT2D eigenvalue weighted by molar-refractivity contribution is 7.89. The molecule has 3 aromatic rings. The number of carbonyl (C=O) groups is 2. The number of aromatic nitrogens is 1. The molecule has 1 N–H and O–H groups in total. The molecule has 0 saturated carbocycles. The van der Waals surface area contributed by atoms with Crippen LogP contribution in [0.1, 0.15) is 37.8 Å². The number of nitrogens with zero attached hydrogens (tertiary/aromatic N) is 3. The minimum absolute atomic E-state index is 0.0200. The molecule has 34 heavy (non-hydrogen) atoms. The first-order chi connectivity index (χ1) is 16.1. The van der Waals surface area contributed by atoms with Gasteiger partial charge in [0.1, 0.15) is 6.04 Å². The summed E-state index contributed by atoms with van der Waals surface area (Å²) in [5.74, 6) is -0.433. The predicted octanol–water partition coefficient (Wildman–Crippen LogP) is 3.69. The second-order valence-corrected chi connectivity index (χ2v) is 11.9. The Balaban J connectivity index is 1.39. The van der Waals surface area contributed by atoms with E-state index in [1.165, 1.54) is 28.6 Å². The highest BCUT2D eigenvalue weighted by Crippen LogP contribution is 2.36. The van der Waals surface area contributed by atoms with E-state index in [2.05, 4.69) is 10.3 Å². The van der Waals surface area contributed by atoms with Gasteiger partial charge in [-0.1, -0.05) is 17.4 Å². The van der Waals surface area contributed by atoms with Crippen LogP contribution in [0.2, 0.25) is 0 Å². The van der Waals surface area contributed by atoms with Crippen molar-refractivity contribution in [2.24, 2.45) is 0 Å². The van der Waals surface area contributed by atoms with Gasteiger partial charge in [0.25, 0.3) is 0 Å². The van der Waals surface area contributed by atoms with Crippen LogP contribution in [0.4, 0.5) is 10.8 Å². The highest BCUT2D eigenvalue weighted by Gasteiger charge is 2.40. The number of hydrogen-bond donors (Lipinski definition) is 1. The molecule has 0 aliphatic carbocycles. The van der Waals surface area contributed by atoms with E-state index < -0.39 is 16.1 Å². The number of thiazole rings is 1. The van der Waals surface area contributed by atoms with Crippen LogP contribution in [0, 0.1) is 6.92 Å². The SMILES string of the molecule is CC(=O)N1c2ccc(S(=O)(=O)N3CCC[C@@H]3C(=O)Nc3nc4ccc(C)cc4s3)cc2C[C@H]1C. The Bertz CT molecular complexity index is 1420. The smallest absolute Gasteiger partial charge is 0.244 e. The van der Waals surface area contributed by atoms with Gasteiger partial charge in [-0.05, 0) is 74.6 Å². The molecular weight excluding hydrogens is 472 g/mol. The molecule has 2 atom stereocenters. The number of carbonyl (C=O) groups excluding carboxylic acids is 2. The first kappa shape index (κ1) is 22.9. The van der Waals surface area contributed by atoms with Crippen molar-refractivity contribution in [3.05, 3.63) is 47.5 Å². The van der Waals surface area contributed by atoms with Crippen molar-refractivity contribution in [1.82, 2.24) is 9.29 Å². The van der Waals surface area contributed by atoms with E-state index in [9.17, 15) is 18.0 Å². The van der Waals surface area contributed by atoms with Crippen molar-refractivity contribution in [3.8, 4) is 0 Å². The molecule has 5 rings (SSSR count). The fourth-order valence-corrected chi connectivity index (χ4v) is 7.62. The van der Waals surface area contributed by atoms with Gasteiger partial charge in [0.15, 0.2) is 5.13 Å². The molecule has 1 saturated heterocycles. The van der Waals surface area contributed by atoms with Crippen molar-refractivity contribution in [3.63, 3.8) is 0 Å². The lowest BCUT2D eigenvalue weighted by Gasteiger charge is -2.24. The lowest BCUT2D eigenvalue weighted by atomic mass is 10.1. The fourth-order valence-electron chi connectivity index (χ4n) is 4.95. The van der Waals surface area contributed by atoms with E-state index in [4.69, 9.17) is 0 Å². The molecule has 1 aromatic heterocycles. The molecular formula is C24H26N4O4S2. The van der Waals surface area contributed by atoms with E-state index in [0.29, 0.717) is 24.4 Å². The molecule has 1 fully saturated rings. The molecule has 2 aromatic carbocycles. The van der Waals surface area contributed by atoms with Gasteiger partial charge < -0.3 is 10.2 Å². The number of fused-ring (bicyclic) bond motifs is 2. The summed E-state index contributed by atoms with van der Waals surface area (Å²) in [6, 6.07) is 9.95. The minimum Gasteiger partial charge on any atom is -0.309 e. The topological polar surface area (TPSA) is 99.7 Å². The third-order valence-electron chi connectivity index (χ3n) is 6.49. The average Bonchev–Trinajstić information content (AvgIpc) is 3.48. The maximum Gasteiger partial charge on any atom is 0.244 e. The zero-order valence-corrected chi connectivity index (χ0v) is 20.9. The van der Waals surface area contributed by atoms with E-state index in [1.54, 1.807) is 17.0 Å². The van der Waals surface area contributed by atoms with Gasteiger partial charge in [0.05, 0.1) is 15.1 Å². The maximum atomic E-state index is 13.5.